The SMILES string of the molecule is O=C1NC(CCF)CO1. The van der Waals surface area contributed by atoms with Crippen LogP contribution in [0.3, 0.4) is 0 Å². The van der Waals surface area contributed by atoms with Gasteiger partial charge in [-0.2, -0.15) is 0 Å². The molecule has 9 heavy (non-hydrogen) atoms. The lowest BCUT2D eigenvalue weighted by molar-refractivity contribution is 0.176. The van der Waals surface area contributed by atoms with Gasteiger partial charge in [0.05, 0.1) is 12.7 Å². The van der Waals surface area contributed by atoms with Crippen molar-refractivity contribution in [3.05, 3.63) is 0 Å². The zero-order valence-corrected chi connectivity index (χ0v) is 4.89. The van der Waals surface area contributed by atoms with Crippen LogP contribution in [0.5, 0.6) is 0 Å². The van der Waals surface area contributed by atoms with Crippen molar-refractivity contribution in [1.29, 1.82) is 0 Å². The van der Waals surface area contributed by atoms with Crippen LogP contribution in [-0.2, 0) is 4.74 Å². The number of rotatable bonds is 2. The molecule has 0 aliphatic carbocycles. The summed E-state index contributed by atoms with van der Waals surface area (Å²) in [5, 5.41) is 2.45. The third-order valence-corrected chi connectivity index (χ3v) is 1.20. The van der Waals surface area contributed by atoms with Gasteiger partial charge in [0, 0.05) is 0 Å². The Labute approximate surface area is 52.2 Å². The van der Waals surface area contributed by atoms with Crippen LogP contribution in [0.1, 0.15) is 6.42 Å². The summed E-state index contributed by atoms with van der Waals surface area (Å²) in [7, 11) is 0. The number of nitrogens with one attached hydrogen (secondary N) is 1. The highest BCUT2D eigenvalue weighted by atomic mass is 19.1. The Morgan fingerprint density at radius 1 is 1.89 bits per heavy atom. The summed E-state index contributed by atoms with van der Waals surface area (Å²) >= 11 is 0. The average Bonchev–Trinajstić information content (AvgIpc) is 2.17. The van der Waals surface area contributed by atoms with Crippen molar-refractivity contribution in [2.24, 2.45) is 0 Å². The van der Waals surface area contributed by atoms with E-state index in [1.54, 1.807) is 0 Å². The van der Waals surface area contributed by atoms with Crippen LogP contribution in [0.4, 0.5) is 9.18 Å². The molecular weight excluding hydrogens is 125 g/mol. The van der Waals surface area contributed by atoms with Crippen molar-refractivity contribution in [2.45, 2.75) is 12.5 Å². The lowest BCUT2D eigenvalue weighted by Gasteiger charge is -2.00. The number of alkyl halides is 1. The molecule has 0 saturated carbocycles. The van der Waals surface area contributed by atoms with Crippen molar-refractivity contribution >= 4 is 6.09 Å². The minimum atomic E-state index is -0.437. The Balaban J connectivity index is 2.22. The fourth-order valence-corrected chi connectivity index (χ4v) is 0.713. The fraction of sp³-hybridized carbons (Fsp3) is 0.800. The third kappa shape index (κ3) is 1.55. The van der Waals surface area contributed by atoms with Gasteiger partial charge in [-0.1, -0.05) is 0 Å². The van der Waals surface area contributed by atoms with E-state index in [-0.39, 0.29) is 6.04 Å². The second kappa shape index (κ2) is 2.66. The number of carbonyl (C=O) groups is 1. The van der Waals surface area contributed by atoms with E-state index in [1.165, 1.54) is 0 Å². The van der Waals surface area contributed by atoms with Gasteiger partial charge in [-0.25, -0.2) is 4.79 Å². The molecule has 1 unspecified atom stereocenters. The zero-order chi connectivity index (χ0) is 6.69. The van der Waals surface area contributed by atoms with E-state index in [9.17, 15) is 9.18 Å². The Bertz CT molecular complexity index is 118. The summed E-state index contributed by atoms with van der Waals surface area (Å²) in [6.07, 6.45) is -0.0837. The molecule has 0 aromatic carbocycles. The summed E-state index contributed by atoms with van der Waals surface area (Å²) in [6, 6.07) is -0.109. The predicted molar refractivity (Wildman–Crippen MR) is 28.9 cm³/mol. The van der Waals surface area contributed by atoms with Crippen LogP contribution < -0.4 is 5.32 Å². The van der Waals surface area contributed by atoms with E-state index in [1.807, 2.05) is 0 Å². The number of ether oxygens (including phenoxy) is 1. The predicted octanol–water partition coefficient (Wildman–Crippen LogP) is 0.454. The van der Waals surface area contributed by atoms with Gasteiger partial charge in [0.25, 0.3) is 0 Å². The van der Waals surface area contributed by atoms with Crippen LogP contribution in [0.25, 0.3) is 0 Å². The van der Waals surface area contributed by atoms with E-state index >= 15 is 0 Å². The van der Waals surface area contributed by atoms with Gasteiger partial charge in [0.1, 0.15) is 6.61 Å². The second-order valence-electron chi connectivity index (χ2n) is 1.92. The van der Waals surface area contributed by atoms with Crippen LogP contribution in [0.2, 0.25) is 0 Å². The molecule has 1 amide bonds. The molecule has 52 valence electrons. The van der Waals surface area contributed by atoms with E-state index in [4.69, 9.17) is 0 Å². The molecule has 0 aromatic rings. The highest BCUT2D eigenvalue weighted by molar-refractivity contribution is 5.69. The highest BCUT2D eigenvalue weighted by Crippen LogP contribution is 2.01. The van der Waals surface area contributed by atoms with Crippen molar-refractivity contribution in [3.8, 4) is 0 Å². The van der Waals surface area contributed by atoms with Gasteiger partial charge >= 0.3 is 6.09 Å². The Kier molecular flexibility index (Phi) is 1.87. The zero-order valence-electron chi connectivity index (χ0n) is 4.89. The van der Waals surface area contributed by atoms with Crippen molar-refractivity contribution in [3.63, 3.8) is 0 Å². The quantitative estimate of drug-likeness (QED) is 0.594. The molecule has 0 radical (unpaired) electrons. The van der Waals surface area contributed by atoms with Crippen LogP contribution in [-0.4, -0.2) is 25.4 Å². The van der Waals surface area contributed by atoms with E-state index in [0.717, 1.165) is 0 Å². The maximum atomic E-state index is 11.6. The maximum absolute atomic E-state index is 11.6. The summed E-state index contributed by atoms with van der Waals surface area (Å²) < 4.78 is 16.1. The number of cyclic esters (lactones) is 1. The van der Waals surface area contributed by atoms with Crippen molar-refractivity contribution in [1.82, 2.24) is 5.32 Å². The lowest BCUT2D eigenvalue weighted by Crippen LogP contribution is -2.26. The number of halogens is 1. The summed E-state index contributed by atoms with van der Waals surface area (Å²) in [5.74, 6) is 0. The second-order valence-corrected chi connectivity index (χ2v) is 1.92. The van der Waals surface area contributed by atoms with Crippen LogP contribution >= 0.6 is 0 Å². The van der Waals surface area contributed by atoms with Gasteiger partial charge < -0.3 is 10.1 Å². The first-order chi connectivity index (χ1) is 4.33. The smallest absolute Gasteiger partial charge is 0.407 e. The first kappa shape index (κ1) is 6.32. The molecule has 1 N–H and O–H groups in total. The third-order valence-electron chi connectivity index (χ3n) is 1.20. The van der Waals surface area contributed by atoms with Crippen LogP contribution in [0, 0.1) is 0 Å². The number of hydrogen-bond donors (Lipinski definition) is 1. The number of alkyl carbamates (subject to hydrolysis) is 1. The number of amides is 1. The molecule has 1 fully saturated rings. The highest BCUT2D eigenvalue weighted by Gasteiger charge is 2.20. The summed E-state index contributed by atoms with van der Waals surface area (Å²) in [6.45, 7) is -0.100. The summed E-state index contributed by atoms with van der Waals surface area (Å²) in [4.78, 5) is 10.3. The summed E-state index contributed by atoms with van der Waals surface area (Å²) in [5.41, 5.74) is 0. The molecule has 0 bridgehead atoms. The standard InChI is InChI=1S/C5H8FNO2/c6-2-1-4-3-9-5(8)7-4/h4H,1-3H2,(H,7,8). The van der Waals surface area contributed by atoms with Crippen molar-refractivity contribution < 1.29 is 13.9 Å². The monoisotopic (exact) mass is 133 g/mol. The van der Waals surface area contributed by atoms with Gasteiger partial charge in [0.15, 0.2) is 0 Å². The molecule has 1 aliphatic heterocycles. The van der Waals surface area contributed by atoms with E-state index in [2.05, 4.69) is 10.1 Å². The average molecular weight is 133 g/mol. The molecule has 0 aromatic heterocycles. The molecule has 0 spiro atoms. The number of hydrogen-bond acceptors (Lipinski definition) is 2. The fourth-order valence-electron chi connectivity index (χ4n) is 0.713. The topological polar surface area (TPSA) is 38.3 Å². The number of carbonyl (C=O) groups excluding carboxylic acids is 1. The first-order valence-corrected chi connectivity index (χ1v) is 2.82. The molecule has 1 saturated heterocycles. The first-order valence-electron chi connectivity index (χ1n) is 2.82. The van der Waals surface area contributed by atoms with E-state index < -0.39 is 12.8 Å². The Morgan fingerprint density at radius 3 is 3.11 bits per heavy atom. The lowest BCUT2D eigenvalue weighted by atomic mass is 10.2. The normalized spacial score (nSPS) is 25.4. The molecule has 1 heterocycles. The minimum absolute atomic E-state index is 0.109. The Hall–Kier alpha value is -0.800. The molecule has 1 aliphatic rings. The van der Waals surface area contributed by atoms with Gasteiger partial charge in [0.2, 0.25) is 0 Å². The molecule has 3 nitrogen and oxygen atoms in total. The van der Waals surface area contributed by atoms with Gasteiger partial charge in [-0.3, -0.25) is 4.39 Å². The Morgan fingerprint density at radius 2 is 2.67 bits per heavy atom. The van der Waals surface area contributed by atoms with Gasteiger partial charge in [-0.15, -0.1) is 0 Å². The molecule has 4 heteroatoms. The maximum Gasteiger partial charge on any atom is 0.407 e. The van der Waals surface area contributed by atoms with E-state index in [0.29, 0.717) is 13.0 Å². The van der Waals surface area contributed by atoms with Crippen molar-refractivity contribution in [2.75, 3.05) is 13.3 Å². The van der Waals surface area contributed by atoms with Crippen LogP contribution in [0.15, 0.2) is 0 Å². The molecular formula is C5H8FNO2. The molecule has 1 rings (SSSR count). The van der Waals surface area contributed by atoms with Gasteiger partial charge in [-0.05, 0) is 6.42 Å². The molecule has 1 atom stereocenters. The largest absolute Gasteiger partial charge is 0.447 e. The minimum Gasteiger partial charge on any atom is -0.447 e.